The molecule has 0 unspecified atom stereocenters. The highest BCUT2D eigenvalue weighted by molar-refractivity contribution is 6.02. The number of aromatic nitrogens is 4. The number of amides is 1. The SMILES string of the molecule is CC(C)(C)N(OC=O)[C@@H]1CO[C@H](c2cc(NC(=O)c3ccnn3C3CC3)n[nH]2)C1. The number of anilines is 1. The van der Waals surface area contributed by atoms with Gasteiger partial charge in [0.25, 0.3) is 5.91 Å². The average molecular weight is 402 g/mol. The smallest absolute Gasteiger partial charge is 0.313 e. The van der Waals surface area contributed by atoms with E-state index >= 15 is 0 Å². The van der Waals surface area contributed by atoms with Crippen LogP contribution in [0.15, 0.2) is 18.3 Å². The second kappa shape index (κ2) is 7.60. The van der Waals surface area contributed by atoms with Crippen LogP contribution in [0.3, 0.4) is 0 Å². The van der Waals surface area contributed by atoms with Gasteiger partial charge in [-0.15, -0.1) is 5.06 Å². The second-order valence-corrected chi connectivity index (χ2v) is 8.46. The Labute approximate surface area is 168 Å². The molecule has 2 aliphatic rings. The van der Waals surface area contributed by atoms with Crippen molar-refractivity contribution in [2.24, 2.45) is 0 Å². The first-order valence-electron chi connectivity index (χ1n) is 9.78. The van der Waals surface area contributed by atoms with Gasteiger partial charge in [0.2, 0.25) is 0 Å². The summed E-state index contributed by atoms with van der Waals surface area (Å²) in [7, 11) is 0. The Kier molecular flexibility index (Phi) is 5.13. The van der Waals surface area contributed by atoms with E-state index in [2.05, 4.69) is 20.6 Å². The molecule has 29 heavy (non-hydrogen) atoms. The Morgan fingerprint density at radius 3 is 2.93 bits per heavy atom. The van der Waals surface area contributed by atoms with Crippen molar-refractivity contribution in [2.45, 2.75) is 63.8 Å². The van der Waals surface area contributed by atoms with E-state index < -0.39 is 0 Å². The molecule has 1 aliphatic heterocycles. The third-order valence-electron chi connectivity index (χ3n) is 5.11. The van der Waals surface area contributed by atoms with Crippen LogP contribution in [-0.4, -0.2) is 55.6 Å². The maximum atomic E-state index is 12.6. The molecular formula is C19H26N6O4. The van der Waals surface area contributed by atoms with Crippen LogP contribution in [0.4, 0.5) is 5.82 Å². The summed E-state index contributed by atoms with van der Waals surface area (Å²) in [6.07, 6.45) is 4.14. The molecule has 0 aromatic carbocycles. The zero-order valence-corrected chi connectivity index (χ0v) is 16.8. The zero-order chi connectivity index (χ0) is 20.6. The van der Waals surface area contributed by atoms with Gasteiger partial charge in [0, 0.05) is 24.2 Å². The van der Waals surface area contributed by atoms with Gasteiger partial charge in [0.1, 0.15) is 11.8 Å². The van der Waals surface area contributed by atoms with Gasteiger partial charge in [-0.25, -0.2) is 0 Å². The molecule has 156 valence electrons. The molecule has 2 aromatic heterocycles. The monoisotopic (exact) mass is 402 g/mol. The third-order valence-corrected chi connectivity index (χ3v) is 5.11. The molecule has 1 aliphatic carbocycles. The number of nitrogens with zero attached hydrogens (tertiary/aromatic N) is 4. The van der Waals surface area contributed by atoms with Crippen LogP contribution in [0.5, 0.6) is 0 Å². The standard InChI is InChI=1S/C19H26N6O4/c1-19(2,3)25(29-11-26)13-8-16(28-10-13)14-9-17(23-22-14)21-18(27)15-6-7-20-24(15)12-4-5-12/h6-7,9,11-13,16H,4-5,8,10H2,1-3H3,(H2,21,22,23,27)/t13-,16-/m0/s1. The summed E-state index contributed by atoms with van der Waals surface area (Å²) in [6.45, 7) is 6.78. The summed E-state index contributed by atoms with van der Waals surface area (Å²) in [6, 6.07) is 3.73. The molecule has 2 N–H and O–H groups in total. The number of hydroxylamine groups is 2. The van der Waals surface area contributed by atoms with E-state index in [1.807, 2.05) is 20.8 Å². The van der Waals surface area contributed by atoms with Crippen LogP contribution in [0.1, 0.15) is 68.4 Å². The average Bonchev–Trinajstić information content (AvgIpc) is 3.08. The number of carbonyl (C=O) groups is 2. The van der Waals surface area contributed by atoms with Crippen LogP contribution in [-0.2, 0) is 14.4 Å². The Balaban J connectivity index is 1.40. The summed E-state index contributed by atoms with van der Waals surface area (Å²) < 4.78 is 7.65. The molecule has 1 saturated carbocycles. The van der Waals surface area contributed by atoms with Gasteiger partial charge in [0.05, 0.1) is 24.4 Å². The van der Waals surface area contributed by atoms with Gasteiger partial charge < -0.3 is 14.9 Å². The first-order chi connectivity index (χ1) is 13.9. The lowest BCUT2D eigenvalue weighted by Crippen LogP contribution is -2.48. The van der Waals surface area contributed by atoms with E-state index in [4.69, 9.17) is 9.57 Å². The highest BCUT2D eigenvalue weighted by Crippen LogP contribution is 2.36. The van der Waals surface area contributed by atoms with Gasteiger partial charge in [-0.3, -0.25) is 19.4 Å². The molecule has 0 spiro atoms. The lowest BCUT2D eigenvalue weighted by molar-refractivity contribution is -0.216. The van der Waals surface area contributed by atoms with Crippen molar-refractivity contribution in [2.75, 3.05) is 11.9 Å². The van der Waals surface area contributed by atoms with Crippen molar-refractivity contribution in [1.29, 1.82) is 0 Å². The topological polar surface area (TPSA) is 114 Å². The minimum atomic E-state index is -0.346. The Morgan fingerprint density at radius 1 is 1.45 bits per heavy atom. The number of ether oxygens (including phenoxy) is 1. The molecule has 2 aromatic rings. The number of carbonyl (C=O) groups excluding carboxylic acids is 2. The van der Waals surface area contributed by atoms with Gasteiger partial charge >= 0.3 is 6.47 Å². The van der Waals surface area contributed by atoms with Crippen LogP contribution >= 0.6 is 0 Å². The number of nitrogens with one attached hydrogen (secondary N) is 2. The maximum absolute atomic E-state index is 12.6. The lowest BCUT2D eigenvalue weighted by Gasteiger charge is -2.35. The molecule has 2 fully saturated rings. The lowest BCUT2D eigenvalue weighted by atomic mass is 10.0. The van der Waals surface area contributed by atoms with E-state index in [1.54, 1.807) is 28.1 Å². The first-order valence-corrected chi connectivity index (χ1v) is 9.78. The Bertz CT molecular complexity index is 881. The fourth-order valence-electron chi connectivity index (χ4n) is 3.68. The predicted octanol–water partition coefficient (Wildman–Crippen LogP) is 2.21. The minimum absolute atomic E-state index is 0.0700. The second-order valence-electron chi connectivity index (χ2n) is 8.46. The number of hydrogen-bond donors (Lipinski definition) is 2. The number of H-pyrrole nitrogens is 1. The van der Waals surface area contributed by atoms with Gasteiger partial charge in [0.15, 0.2) is 5.82 Å². The molecule has 4 rings (SSSR count). The highest BCUT2D eigenvalue weighted by Gasteiger charge is 2.38. The van der Waals surface area contributed by atoms with Crippen LogP contribution < -0.4 is 5.32 Å². The van der Waals surface area contributed by atoms with Crippen LogP contribution in [0.2, 0.25) is 0 Å². The summed E-state index contributed by atoms with van der Waals surface area (Å²) in [5.74, 6) is 0.188. The van der Waals surface area contributed by atoms with E-state index in [0.717, 1.165) is 18.5 Å². The molecule has 10 nitrogen and oxygen atoms in total. The fraction of sp³-hybridized carbons (Fsp3) is 0.579. The number of rotatable bonds is 7. The molecule has 2 atom stereocenters. The van der Waals surface area contributed by atoms with Crippen LogP contribution in [0, 0.1) is 0 Å². The van der Waals surface area contributed by atoms with E-state index in [0.29, 0.717) is 37.1 Å². The predicted molar refractivity (Wildman–Crippen MR) is 103 cm³/mol. The highest BCUT2D eigenvalue weighted by atomic mass is 16.7. The van der Waals surface area contributed by atoms with Crippen LogP contribution in [0.25, 0.3) is 0 Å². The van der Waals surface area contributed by atoms with Crippen molar-refractivity contribution >= 4 is 18.2 Å². The normalized spacial score (nSPS) is 22.1. The van der Waals surface area contributed by atoms with Gasteiger partial charge in [-0.05, 0) is 39.7 Å². The summed E-state index contributed by atoms with van der Waals surface area (Å²) in [5.41, 5.74) is 0.945. The largest absolute Gasteiger partial charge is 0.370 e. The molecule has 0 radical (unpaired) electrons. The molecule has 1 saturated heterocycles. The molecule has 0 bridgehead atoms. The Morgan fingerprint density at radius 2 is 2.24 bits per heavy atom. The third kappa shape index (κ3) is 4.18. The van der Waals surface area contributed by atoms with Crippen molar-refractivity contribution in [3.63, 3.8) is 0 Å². The molecule has 3 heterocycles. The fourth-order valence-corrected chi connectivity index (χ4v) is 3.68. The van der Waals surface area contributed by atoms with E-state index in [1.165, 1.54) is 0 Å². The summed E-state index contributed by atoms with van der Waals surface area (Å²) in [4.78, 5) is 28.6. The number of hydrogen-bond acceptors (Lipinski definition) is 7. The Hall–Kier alpha value is -2.72. The summed E-state index contributed by atoms with van der Waals surface area (Å²) >= 11 is 0. The summed E-state index contributed by atoms with van der Waals surface area (Å²) in [5, 5.41) is 15.8. The first kappa shape index (κ1) is 19.6. The maximum Gasteiger partial charge on any atom is 0.313 e. The van der Waals surface area contributed by atoms with Crippen molar-refractivity contribution in [1.82, 2.24) is 25.0 Å². The van der Waals surface area contributed by atoms with Crippen molar-refractivity contribution in [3.8, 4) is 0 Å². The van der Waals surface area contributed by atoms with Crippen molar-refractivity contribution in [3.05, 3.63) is 29.7 Å². The van der Waals surface area contributed by atoms with Gasteiger partial charge in [-0.2, -0.15) is 10.2 Å². The molecule has 1 amide bonds. The van der Waals surface area contributed by atoms with E-state index in [-0.39, 0.29) is 23.6 Å². The van der Waals surface area contributed by atoms with E-state index in [9.17, 15) is 9.59 Å². The molecular weight excluding hydrogens is 376 g/mol. The van der Waals surface area contributed by atoms with Gasteiger partial charge in [-0.1, -0.05) is 0 Å². The van der Waals surface area contributed by atoms with Crippen molar-refractivity contribution < 1.29 is 19.2 Å². The minimum Gasteiger partial charge on any atom is -0.370 e. The quantitative estimate of drug-likeness (QED) is 0.539. The number of aromatic amines is 1. The zero-order valence-electron chi connectivity index (χ0n) is 16.8. The molecule has 10 heteroatoms.